The molecule has 0 fully saturated rings. The molecule has 4 rings (SSSR count). The van der Waals surface area contributed by atoms with Crippen LogP contribution < -0.4 is 5.32 Å². The van der Waals surface area contributed by atoms with E-state index in [1.807, 2.05) is 48.9 Å². The van der Waals surface area contributed by atoms with Crippen molar-refractivity contribution in [2.24, 2.45) is 0 Å². The van der Waals surface area contributed by atoms with Gasteiger partial charge in [-0.25, -0.2) is 4.98 Å². The molecule has 0 unspecified atom stereocenters. The van der Waals surface area contributed by atoms with Gasteiger partial charge in [-0.1, -0.05) is 30.3 Å². The van der Waals surface area contributed by atoms with Crippen molar-refractivity contribution < 1.29 is 4.79 Å². The van der Waals surface area contributed by atoms with Gasteiger partial charge in [-0.15, -0.1) is 0 Å². The molecule has 0 radical (unpaired) electrons. The molecule has 0 aliphatic heterocycles. The maximum Gasteiger partial charge on any atom is 0.251 e. The van der Waals surface area contributed by atoms with E-state index in [0.717, 1.165) is 34.5 Å². The van der Waals surface area contributed by atoms with Gasteiger partial charge < -0.3 is 10.3 Å². The number of imidazole rings is 1. The summed E-state index contributed by atoms with van der Waals surface area (Å²) >= 11 is 0. The second-order valence-corrected chi connectivity index (χ2v) is 6.61. The minimum atomic E-state index is -0.110. The number of aryl methyl sites for hydroxylation is 1. The Kier molecular flexibility index (Phi) is 4.46. The van der Waals surface area contributed by atoms with Crippen LogP contribution in [0.25, 0.3) is 11.0 Å². The van der Waals surface area contributed by atoms with E-state index >= 15 is 0 Å². The summed E-state index contributed by atoms with van der Waals surface area (Å²) in [5.41, 5.74) is 6.58. The van der Waals surface area contributed by atoms with Gasteiger partial charge in [0.05, 0.1) is 29.6 Å². The molecular weight excluding hydrogens is 338 g/mol. The summed E-state index contributed by atoms with van der Waals surface area (Å²) in [7, 11) is 0. The number of nitrogens with one attached hydrogen (secondary N) is 2. The molecule has 6 heteroatoms. The Balaban J connectivity index is 1.48. The van der Waals surface area contributed by atoms with E-state index in [4.69, 9.17) is 0 Å². The first-order valence-electron chi connectivity index (χ1n) is 8.90. The average molecular weight is 359 g/mol. The van der Waals surface area contributed by atoms with E-state index in [9.17, 15) is 4.79 Å². The molecule has 1 amide bonds. The monoisotopic (exact) mass is 359 g/mol. The second kappa shape index (κ2) is 7.07. The first kappa shape index (κ1) is 17.0. The average Bonchev–Trinajstić information content (AvgIpc) is 3.25. The molecule has 0 atom stereocenters. The van der Waals surface area contributed by atoms with E-state index in [0.29, 0.717) is 12.1 Å². The van der Waals surface area contributed by atoms with E-state index in [1.165, 1.54) is 5.56 Å². The summed E-state index contributed by atoms with van der Waals surface area (Å²) in [6, 6.07) is 15.7. The lowest BCUT2D eigenvalue weighted by Gasteiger charge is -2.08. The maximum absolute atomic E-state index is 12.5. The highest BCUT2D eigenvalue weighted by molar-refractivity contribution is 5.97. The topological polar surface area (TPSA) is 75.6 Å². The predicted molar refractivity (Wildman–Crippen MR) is 105 cm³/mol. The second-order valence-electron chi connectivity index (χ2n) is 6.61. The number of nitrogens with zero attached hydrogens (tertiary/aromatic N) is 3. The number of amides is 1. The van der Waals surface area contributed by atoms with Crippen LogP contribution in [0.1, 0.15) is 32.9 Å². The Hall–Kier alpha value is -3.41. The number of hydrogen-bond donors (Lipinski definition) is 2. The molecule has 0 bridgehead atoms. The lowest BCUT2D eigenvalue weighted by Crippen LogP contribution is -2.23. The third-order valence-electron chi connectivity index (χ3n) is 4.81. The fraction of sp³-hybridized carbons (Fsp3) is 0.190. The molecule has 0 aliphatic rings. The van der Waals surface area contributed by atoms with Gasteiger partial charge in [0.25, 0.3) is 5.91 Å². The SMILES string of the molecule is Cc1nn(Cc2ccccc2)c(C)c1CNC(=O)c1ccc2nc[nH]c2c1. The number of hydrogen-bond acceptors (Lipinski definition) is 3. The van der Waals surface area contributed by atoms with Gasteiger partial charge in [0, 0.05) is 23.4 Å². The van der Waals surface area contributed by atoms with Crippen LogP contribution in [0, 0.1) is 13.8 Å². The lowest BCUT2D eigenvalue weighted by atomic mass is 10.1. The van der Waals surface area contributed by atoms with Crippen LogP contribution >= 0.6 is 0 Å². The van der Waals surface area contributed by atoms with Crippen molar-refractivity contribution in [2.45, 2.75) is 26.9 Å². The van der Waals surface area contributed by atoms with Crippen LogP contribution in [0.15, 0.2) is 54.9 Å². The Morgan fingerprint density at radius 1 is 1.15 bits per heavy atom. The molecule has 2 N–H and O–H groups in total. The fourth-order valence-corrected chi connectivity index (χ4v) is 3.25. The Morgan fingerprint density at radius 3 is 2.78 bits per heavy atom. The number of H-pyrrole nitrogens is 1. The van der Waals surface area contributed by atoms with Gasteiger partial charge in [-0.2, -0.15) is 5.10 Å². The van der Waals surface area contributed by atoms with Crippen molar-refractivity contribution in [1.29, 1.82) is 0 Å². The maximum atomic E-state index is 12.5. The van der Waals surface area contributed by atoms with Crippen molar-refractivity contribution in [2.75, 3.05) is 0 Å². The summed E-state index contributed by atoms with van der Waals surface area (Å²) in [5, 5.41) is 7.65. The molecule has 2 aromatic heterocycles. The van der Waals surface area contributed by atoms with Crippen LogP contribution in [0.4, 0.5) is 0 Å². The number of carbonyl (C=O) groups is 1. The standard InChI is InChI=1S/C21H21N5O/c1-14-18(15(2)26(25-14)12-16-6-4-3-5-7-16)11-22-21(27)17-8-9-19-20(10-17)24-13-23-19/h3-10,13H,11-12H2,1-2H3,(H,22,27)(H,23,24). The van der Waals surface area contributed by atoms with Crippen molar-refractivity contribution in [3.05, 3.63) is 82.9 Å². The predicted octanol–water partition coefficient (Wildman–Crippen LogP) is 3.35. The summed E-state index contributed by atoms with van der Waals surface area (Å²) in [6.07, 6.45) is 1.63. The van der Waals surface area contributed by atoms with Gasteiger partial charge in [-0.05, 0) is 37.6 Å². The first-order chi connectivity index (χ1) is 13.1. The fourth-order valence-electron chi connectivity index (χ4n) is 3.25. The zero-order valence-corrected chi connectivity index (χ0v) is 15.4. The van der Waals surface area contributed by atoms with Crippen LogP contribution in [0.5, 0.6) is 0 Å². The summed E-state index contributed by atoms with van der Waals surface area (Å²) in [5.74, 6) is -0.110. The lowest BCUT2D eigenvalue weighted by molar-refractivity contribution is 0.0951. The molecule has 0 spiro atoms. The Morgan fingerprint density at radius 2 is 1.96 bits per heavy atom. The minimum Gasteiger partial charge on any atom is -0.348 e. The number of fused-ring (bicyclic) bond motifs is 1. The van der Waals surface area contributed by atoms with E-state index in [-0.39, 0.29) is 5.91 Å². The van der Waals surface area contributed by atoms with Gasteiger partial charge >= 0.3 is 0 Å². The summed E-state index contributed by atoms with van der Waals surface area (Å²) in [4.78, 5) is 19.7. The van der Waals surface area contributed by atoms with Crippen molar-refractivity contribution in [1.82, 2.24) is 25.1 Å². The van der Waals surface area contributed by atoms with Crippen LogP contribution in [0.2, 0.25) is 0 Å². The van der Waals surface area contributed by atoms with Crippen LogP contribution in [-0.4, -0.2) is 25.7 Å². The minimum absolute atomic E-state index is 0.110. The molecule has 27 heavy (non-hydrogen) atoms. The highest BCUT2D eigenvalue weighted by atomic mass is 16.1. The molecule has 136 valence electrons. The zero-order chi connectivity index (χ0) is 18.8. The Bertz CT molecular complexity index is 1090. The van der Waals surface area contributed by atoms with Crippen molar-refractivity contribution in [3.8, 4) is 0 Å². The van der Waals surface area contributed by atoms with Gasteiger partial charge in [0.1, 0.15) is 0 Å². The van der Waals surface area contributed by atoms with Gasteiger partial charge in [0.15, 0.2) is 0 Å². The highest BCUT2D eigenvalue weighted by Crippen LogP contribution is 2.16. The molecule has 2 heterocycles. The highest BCUT2D eigenvalue weighted by Gasteiger charge is 2.14. The van der Waals surface area contributed by atoms with Gasteiger partial charge in [0.2, 0.25) is 0 Å². The Labute approximate surface area is 157 Å². The quantitative estimate of drug-likeness (QED) is 0.574. The molecule has 2 aromatic carbocycles. The number of aromatic nitrogens is 4. The molecular formula is C21H21N5O. The molecule has 0 aliphatic carbocycles. The molecule has 6 nitrogen and oxygen atoms in total. The largest absolute Gasteiger partial charge is 0.348 e. The number of carbonyl (C=O) groups excluding carboxylic acids is 1. The van der Waals surface area contributed by atoms with E-state index in [2.05, 4.69) is 32.5 Å². The van der Waals surface area contributed by atoms with Crippen molar-refractivity contribution in [3.63, 3.8) is 0 Å². The van der Waals surface area contributed by atoms with Crippen molar-refractivity contribution >= 4 is 16.9 Å². The first-order valence-corrected chi connectivity index (χ1v) is 8.90. The summed E-state index contributed by atoms with van der Waals surface area (Å²) < 4.78 is 1.99. The van der Waals surface area contributed by atoms with Crippen LogP contribution in [-0.2, 0) is 13.1 Å². The molecule has 0 saturated heterocycles. The number of rotatable bonds is 5. The van der Waals surface area contributed by atoms with E-state index in [1.54, 1.807) is 12.4 Å². The van der Waals surface area contributed by atoms with Gasteiger partial charge in [-0.3, -0.25) is 9.48 Å². The van der Waals surface area contributed by atoms with Crippen LogP contribution in [0.3, 0.4) is 0 Å². The zero-order valence-electron chi connectivity index (χ0n) is 15.4. The molecule has 0 saturated carbocycles. The third-order valence-corrected chi connectivity index (χ3v) is 4.81. The normalized spacial score (nSPS) is 11.0. The smallest absolute Gasteiger partial charge is 0.251 e. The third kappa shape index (κ3) is 3.46. The van der Waals surface area contributed by atoms with E-state index < -0.39 is 0 Å². The molecule has 4 aromatic rings. The number of aromatic amines is 1. The number of benzene rings is 2. The summed E-state index contributed by atoms with van der Waals surface area (Å²) in [6.45, 7) is 5.19.